The Bertz CT molecular complexity index is 710. The highest BCUT2D eigenvalue weighted by molar-refractivity contribution is 5.94. The third-order valence-electron chi connectivity index (χ3n) is 2.74. The summed E-state index contributed by atoms with van der Waals surface area (Å²) in [5.74, 6) is 5.16. The summed E-state index contributed by atoms with van der Waals surface area (Å²) in [6.45, 7) is 1.70. The first-order chi connectivity index (χ1) is 10.1. The molecule has 0 bridgehead atoms. The number of carbonyl (C=O) groups is 1. The van der Waals surface area contributed by atoms with Crippen LogP contribution in [0.4, 0.5) is 4.39 Å². The van der Waals surface area contributed by atoms with E-state index in [-0.39, 0.29) is 18.7 Å². The molecule has 21 heavy (non-hydrogen) atoms. The molecule has 0 fully saturated rings. The molecule has 0 aliphatic rings. The molecule has 2 aromatic rings. The zero-order chi connectivity index (χ0) is 15.2. The van der Waals surface area contributed by atoms with Crippen molar-refractivity contribution in [2.75, 3.05) is 6.61 Å². The van der Waals surface area contributed by atoms with Gasteiger partial charge in [0.15, 0.2) is 0 Å². The monoisotopic (exact) mass is 287 g/mol. The Kier molecular flexibility index (Phi) is 4.75. The molecule has 1 aromatic carbocycles. The van der Waals surface area contributed by atoms with Gasteiger partial charge in [0.2, 0.25) is 0 Å². The van der Waals surface area contributed by atoms with Crippen LogP contribution in [0.5, 0.6) is 0 Å². The molecule has 0 radical (unpaired) electrons. The van der Waals surface area contributed by atoms with Crippen molar-refractivity contribution in [3.8, 4) is 11.8 Å². The highest BCUT2D eigenvalue weighted by atomic mass is 19.1. The van der Waals surface area contributed by atoms with Crippen LogP contribution in [0.1, 0.15) is 27.4 Å². The number of hydrogen-bond acceptors (Lipinski definition) is 3. The van der Waals surface area contributed by atoms with Crippen LogP contribution in [0.15, 0.2) is 34.7 Å². The highest BCUT2D eigenvalue weighted by Gasteiger charge is 2.12. The van der Waals surface area contributed by atoms with E-state index in [1.165, 1.54) is 12.1 Å². The van der Waals surface area contributed by atoms with Crippen LogP contribution in [0.25, 0.3) is 0 Å². The van der Waals surface area contributed by atoms with Crippen molar-refractivity contribution in [1.29, 1.82) is 0 Å². The Morgan fingerprint density at radius 3 is 2.81 bits per heavy atom. The van der Waals surface area contributed by atoms with Gasteiger partial charge >= 0.3 is 0 Å². The lowest BCUT2D eigenvalue weighted by atomic mass is 10.1. The molecule has 2 rings (SSSR count). The van der Waals surface area contributed by atoms with Gasteiger partial charge in [-0.1, -0.05) is 11.8 Å². The second-order valence-electron chi connectivity index (χ2n) is 4.35. The van der Waals surface area contributed by atoms with E-state index in [2.05, 4.69) is 17.2 Å². The summed E-state index contributed by atoms with van der Waals surface area (Å²) in [5.41, 5.74) is 0.340. The first-order valence-corrected chi connectivity index (χ1v) is 6.33. The van der Waals surface area contributed by atoms with Gasteiger partial charge in [-0.15, -0.1) is 0 Å². The standard InChI is InChI=1S/C16H14FNO3/c1-11-4-6-13(21-11)10-18-16(20)14-7-5-12(3-2-8-19)9-15(14)17/h4-7,9,19H,8,10H2,1H3,(H,18,20). The summed E-state index contributed by atoms with van der Waals surface area (Å²) in [5, 5.41) is 11.2. The SMILES string of the molecule is Cc1ccc(CNC(=O)c2ccc(C#CCO)cc2F)o1. The number of carbonyl (C=O) groups excluding carboxylic acids is 1. The summed E-state index contributed by atoms with van der Waals surface area (Å²) in [4.78, 5) is 11.9. The van der Waals surface area contributed by atoms with Crippen molar-refractivity contribution in [2.45, 2.75) is 13.5 Å². The van der Waals surface area contributed by atoms with E-state index in [9.17, 15) is 9.18 Å². The maximum atomic E-state index is 13.8. The number of aliphatic hydroxyl groups is 1. The largest absolute Gasteiger partial charge is 0.465 e. The van der Waals surface area contributed by atoms with Crippen LogP contribution in [-0.2, 0) is 6.54 Å². The van der Waals surface area contributed by atoms with Crippen molar-refractivity contribution in [2.24, 2.45) is 0 Å². The van der Waals surface area contributed by atoms with Crippen LogP contribution >= 0.6 is 0 Å². The zero-order valence-corrected chi connectivity index (χ0v) is 11.4. The molecule has 1 heterocycles. The van der Waals surface area contributed by atoms with Gasteiger partial charge < -0.3 is 14.8 Å². The highest BCUT2D eigenvalue weighted by Crippen LogP contribution is 2.11. The van der Waals surface area contributed by atoms with Crippen molar-refractivity contribution in [3.05, 3.63) is 58.8 Å². The molecule has 0 saturated heterocycles. The summed E-state index contributed by atoms with van der Waals surface area (Å²) in [7, 11) is 0. The third kappa shape index (κ3) is 3.94. The summed E-state index contributed by atoms with van der Waals surface area (Å²) in [6.07, 6.45) is 0. The molecule has 0 aliphatic carbocycles. The van der Waals surface area contributed by atoms with Crippen molar-refractivity contribution >= 4 is 5.91 Å². The maximum absolute atomic E-state index is 13.8. The van der Waals surface area contributed by atoms with E-state index in [4.69, 9.17) is 9.52 Å². The first kappa shape index (κ1) is 14.8. The van der Waals surface area contributed by atoms with E-state index < -0.39 is 11.7 Å². The fourth-order valence-electron chi connectivity index (χ4n) is 1.76. The topological polar surface area (TPSA) is 62.5 Å². The second-order valence-corrected chi connectivity index (χ2v) is 4.35. The van der Waals surface area contributed by atoms with E-state index in [0.29, 0.717) is 11.3 Å². The molecule has 4 nitrogen and oxygen atoms in total. The van der Waals surface area contributed by atoms with Gasteiger partial charge in [-0.2, -0.15) is 0 Å². The Morgan fingerprint density at radius 1 is 1.38 bits per heavy atom. The lowest BCUT2D eigenvalue weighted by Crippen LogP contribution is -2.23. The van der Waals surface area contributed by atoms with E-state index in [1.54, 1.807) is 19.1 Å². The van der Waals surface area contributed by atoms with Crippen molar-refractivity contribution < 1.29 is 18.7 Å². The van der Waals surface area contributed by atoms with Crippen LogP contribution in [0.2, 0.25) is 0 Å². The third-order valence-corrected chi connectivity index (χ3v) is 2.74. The minimum atomic E-state index is -0.659. The van der Waals surface area contributed by atoms with Crippen molar-refractivity contribution in [3.63, 3.8) is 0 Å². The number of aliphatic hydroxyl groups excluding tert-OH is 1. The number of halogens is 1. The fourth-order valence-corrected chi connectivity index (χ4v) is 1.76. The van der Waals surface area contributed by atoms with E-state index >= 15 is 0 Å². The Balaban J connectivity index is 2.05. The minimum Gasteiger partial charge on any atom is -0.465 e. The number of amides is 1. The number of benzene rings is 1. The molecule has 108 valence electrons. The molecule has 0 spiro atoms. The Morgan fingerprint density at radius 2 is 2.19 bits per heavy atom. The fraction of sp³-hybridized carbons (Fsp3) is 0.188. The number of hydrogen-bond donors (Lipinski definition) is 2. The number of aryl methyl sites for hydroxylation is 1. The molecule has 0 atom stereocenters. The lowest BCUT2D eigenvalue weighted by Gasteiger charge is -2.05. The average molecular weight is 287 g/mol. The number of nitrogens with one attached hydrogen (secondary N) is 1. The smallest absolute Gasteiger partial charge is 0.254 e. The van der Waals surface area contributed by atoms with Crippen LogP contribution in [-0.4, -0.2) is 17.6 Å². The molecule has 0 aliphatic heterocycles. The van der Waals surface area contributed by atoms with E-state index in [1.807, 2.05) is 0 Å². The predicted octanol–water partition coefficient (Wildman–Crippen LogP) is 2.00. The quantitative estimate of drug-likeness (QED) is 0.849. The summed E-state index contributed by atoms with van der Waals surface area (Å²) < 4.78 is 19.2. The zero-order valence-electron chi connectivity index (χ0n) is 11.4. The Hall–Kier alpha value is -2.58. The molecule has 1 amide bonds. The van der Waals surface area contributed by atoms with Crippen LogP contribution in [0, 0.1) is 24.6 Å². The van der Waals surface area contributed by atoms with Crippen LogP contribution < -0.4 is 5.32 Å². The van der Waals surface area contributed by atoms with Crippen molar-refractivity contribution in [1.82, 2.24) is 5.32 Å². The van der Waals surface area contributed by atoms with Gasteiger partial charge in [-0.05, 0) is 37.3 Å². The van der Waals surface area contributed by atoms with Gasteiger partial charge in [-0.25, -0.2) is 4.39 Å². The molecule has 0 saturated carbocycles. The van der Waals surface area contributed by atoms with E-state index in [0.717, 1.165) is 11.8 Å². The van der Waals surface area contributed by atoms with Gasteiger partial charge in [0, 0.05) is 5.56 Å². The maximum Gasteiger partial charge on any atom is 0.254 e. The summed E-state index contributed by atoms with van der Waals surface area (Å²) in [6, 6.07) is 7.59. The normalized spacial score (nSPS) is 9.86. The number of rotatable bonds is 3. The van der Waals surface area contributed by atoms with Gasteiger partial charge in [-0.3, -0.25) is 4.79 Å². The Labute approximate surface area is 121 Å². The first-order valence-electron chi connectivity index (χ1n) is 6.33. The molecule has 5 heteroatoms. The molecular formula is C16H14FNO3. The summed E-state index contributed by atoms with van der Waals surface area (Å²) >= 11 is 0. The van der Waals surface area contributed by atoms with Gasteiger partial charge in [0.05, 0.1) is 12.1 Å². The second kappa shape index (κ2) is 6.73. The predicted molar refractivity (Wildman–Crippen MR) is 75.0 cm³/mol. The molecule has 1 aromatic heterocycles. The average Bonchev–Trinajstić information content (AvgIpc) is 2.88. The number of furan rings is 1. The molecule has 2 N–H and O–H groups in total. The lowest BCUT2D eigenvalue weighted by molar-refractivity contribution is 0.0944. The van der Waals surface area contributed by atoms with Crippen LogP contribution in [0.3, 0.4) is 0 Å². The molecular weight excluding hydrogens is 273 g/mol. The minimum absolute atomic E-state index is 0.0622. The van der Waals surface area contributed by atoms with Gasteiger partial charge in [0.1, 0.15) is 23.9 Å². The van der Waals surface area contributed by atoms with Gasteiger partial charge in [0.25, 0.3) is 5.91 Å². The molecule has 0 unspecified atom stereocenters.